The van der Waals surface area contributed by atoms with Gasteiger partial charge in [0.1, 0.15) is 5.54 Å². The predicted octanol–water partition coefficient (Wildman–Crippen LogP) is 1.78. The lowest BCUT2D eigenvalue weighted by molar-refractivity contribution is 0.213. The summed E-state index contributed by atoms with van der Waals surface area (Å²) < 4.78 is 0. The van der Waals surface area contributed by atoms with Crippen LogP contribution in [0, 0.1) is 17.2 Å². The van der Waals surface area contributed by atoms with E-state index in [1.807, 2.05) is 6.92 Å². The van der Waals surface area contributed by atoms with Crippen LogP contribution in [0.5, 0.6) is 0 Å². The van der Waals surface area contributed by atoms with Crippen LogP contribution in [0.25, 0.3) is 0 Å². The molecule has 1 saturated carbocycles. The molecule has 15 heavy (non-hydrogen) atoms. The van der Waals surface area contributed by atoms with E-state index in [1.165, 1.54) is 0 Å². The van der Waals surface area contributed by atoms with Gasteiger partial charge in [-0.05, 0) is 38.5 Å². The monoisotopic (exact) mass is 209 g/mol. The van der Waals surface area contributed by atoms with Gasteiger partial charge in [0.15, 0.2) is 0 Å². The second kappa shape index (κ2) is 5.01. The van der Waals surface area contributed by atoms with Crippen molar-refractivity contribution in [2.75, 3.05) is 6.54 Å². The van der Waals surface area contributed by atoms with Gasteiger partial charge in [-0.2, -0.15) is 5.26 Å². The molecule has 1 rings (SSSR count). The van der Waals surface area contributed by atoms with Crippen LogP contribution in [0.4, 0.5) is 4.79 Å². The Hall–Kier alpha value is -1.24. The van der Waals surface area contributed by atoms with Gasteiger partial charge in [0.25, 0.3) is 0 Å². The molecule has 1 aliphatic carbocycles. The minimum atomic E-state index is -0.633. The van der Waals surface area contributed by atoms with Crippen LogP contribution in [0.1, 0.15) is 39.5 Å². The first-order valence-electron chi connectivity index (χ1n) is 5.59. The van der Waals surface area contributed by atoms with Crippen molar-refractivity contribution in [2.24, 2.45) is 5.92 Å². The molecule has 0 saturated heterocycles. The van der Waals surface area contributed by atoms with Gasteiger partial charge < -0.3 is 10.6 Å². The maximum Gasteiger partial charge on any atom is 0.316 e. The zero-order valence-corrected chi connectivity index (χ0v) is 9.47. The third-order valence-electron chi connectivity index (χ3n) is 3.03. The van der Waals surface area contributed by atoms with Crippen LogP contribution in [0.3, 0.4) is 0 Å². The van der Waals surface area contributed by atoms with Gasteiger partial charge in [0.2, 0.25) is 0 Å². The molecule has 0 atom stereocenters. The molecule has 1 fully saturated rings. The minimum absolute atomic E-state index is 0.228. The summed E-state index contributed by atoms with van der Waals surface area (Å²) in [6, 6.07) is 2.03. The SMILES string of the molecule is CCNC(=O)NC1(C#N)CCC(C)CC1. The van der Waals surface area contributed by atoms with E-state index in [-0.39, 0.29) is 6.03 Å². The number of nitrogens with zero attached hydrogens (tertiary/aromatic N) is 1. The van der Waals surface area contributed by atoms with Crippen LogP contribution in [0.15, 0.2) is 0 Å². The summed E-state index contributed by atoms with van der Waals surface area (Å²) in [6.45, 7) is 4.64. The van der Waals surface area contributed by atoms with Crippen LogP contribution in [0.2, 0.25) is 0 Å². The van der Waals surface area contributed by atoms with Crippen LogP contribution in [-0.4, -0.2) is 18.1 Å². The number of carbonyl (C=O) groups is 1. The van der Waals surface area contributed by atoms with E-state index in [1.54, 1.807) is 0 Å². The molecule has 0 aromatic carbocycles. The third kappa shape index (κ3) is 3.12. The van der Waals surface area contributed by atoms with E-state index in [9.17, 15) is 4.79 Å². The third-order valence-corrected chi connectivity index (χ3v) is 3.03. The summed E-state index contributed by atoms with van der Waals surface area (Å²) in [6.07, 6.45) is 3.56. The maximum atomic E-state index is 11.4. The Morgan fingerprint density at radius 1 is 1.53 bits per heavy atom. The van der Waals surface area contributed by atoms with E-state index in [0.29, 0.717) is 12.5 Å². The highest BCUT2D eigenvalue weighted by atomic mass is 16.2. The Morgan fingerprint density at radius 3 is 2.60 bits per heavy atom. The summed E-state index contributed by atoms with van der Waals surface area (Å²) in [5.74, 6) is 0.669. The number of rotatable bonds is 2. The quantitative estimate of drug-likeness (QED) is 0.728. The van der Waals surface area contributed by atoms with Crippen LogP contribution in [-0.2, 0) is 0 Å². The number of carbonyl (C=O) groups excluding carboxylic acids is 1. The molecule has 4 heteroatoms. The molecule has 0 aromatic rings. The Bertz CT molecular complexity index is 261. The predicted molar refractivity (Wildman–Crippen MR) is 58.2 cm³/mol. The van der Waals surface area contributed by atoms with Crippen molar-refractivity contribution in [3.8, 4) is 6.07 Å². The second-order valence-corrected chi connectivity index (χ2v) is 4.36. The van der Waals surface area contributed by atoms with E-state index >= 15 is 0 Å². The molecule has 84 valence electrons. The lowest BCUT2D eigenvalue weighted by Crippen LogP contribution is -2.52. The summed E-state index contributed by atoms with van der Waals surface area (Å²) in [5, 5.41) is 14.6. The highest BCUT2D eigenvalue weighted by molar-refractivity contribution is 5.75. The standard InChI is InChI=1S/C11H19N3O/c1-3-13-10(15)14-11(8-12)6-4-9(2)5-7-11/h9H,3-7H2,1-2H3,(H2,13,14,15). The van der Waals surface area contributed by atoms with Crippen molar-refractivity contribution in [3.63, 3.8) is 0 Å². The molecule has 0 heterocycles. The van der Waals surface area contributed by atoms with Crippen molar-refractivity contribution in [1.29, 1.82) is 5.26 Å². The summed E-state index contributed by atoms with van der Waals surface area (Å²) in [7, 11) is 0. The molecule has 1 aliphatic rings. The zero-order chi connectivity index (χ0) is 11.3. The van der Waals surface area contributed by atoms with Gasteiger partial charge in [-0.15, -0.1) is 0 Å². The topological polar surface area (TPSA) is 64.9 Å². The van der Waals surface area contributed by atoms with Gasteiger partial charge >= 0.3 is 6.03 Å². The van der Waals surface area contributed by atoms with E-state index < -0.39 is 5.54 Å². The van der Waals surface area contributed by atoms with Crippen LogP contribution >= 0.6 is 0 Å². The molecular formula is C11H19N3O. The minimum Gasteiger partial charge on any atom is -0.338 e. The Kier molecular flexibility index (Phi) is 3.96. The van der Waals surface area contributed by atoms with Crippen molar-refractivity contribution in [1.82, 2.24) is 10.6 Å². The first-order valence-corrected chi connectivity index (χ1v) is 5.59. The molecule has 4 nitrogen and oxygen atoms in total. The summed E-state index contributed by atoms with van der Waals surface area (Å²) >= 11 is 0. The van der Waals surface area contributed by atoms with Crippen molar-refractivity contribution in [2.45, 2.75) is 45.1 Å². The highest BCUT2D eigenvalue weighted by Crippen LogP contribution is 2.31. The molecule has 2 N–H and O–H groups in total. The fourth-order valence-electron chi connectivity index (χ4n) is 1.94. The molecule has 0 radical (unpaired) electrons. The molecule has 0 aliphatic heterocycles. The number of urea groups is 1. The van der Waals surface area contributed by atoms with Crippen molar-refractivity contribution in [3.05, 3.63) is 0 Å². The number of nitriles is 1. The van der Waals surface area contributed by atoms with Gasteiger partial charge in [0, 0.05) is 6.54 Å². The van der Waals surface area contributed by atoms with Gasteiger partial charge in [-0.25, -0.2) is 4.79 Å². The van der Waals surface area contributed by atoms with Gasteiger partial charge in [-0.3, -0.25) is 0 Å². The first kappa shape index (κ1) is 11.8. The van der Waals surface area contributed by atoms with Crippen LogP contribution < -0.4 is 10.6 Å². The maximum absolute atomic E-state index is 11.4. The molecule has 2 amide bonds. The van der Waals surface area contributed by atoms with Crippen molar-refractivity contribution < 1.29 is 4.79 Å². The van der Waals surface area contributed by atoms with Crippen molar-refractivity contribution >= 4 is 6.03 Å². The average Bonchev–Trinajstić information content (AvgIpc) is 2.22. The van der Waals surface area contributed by atoms with Gasteiger partial charge in [-0.1, -0.05) is 6.92 Å². The molecular weight excluding hydrogens is 190 g/mol. The lowest BCUT2D eigenvalue weighted by Gasteiger charge is -2.34. The van der Waals surface area contributed by atoms with E-state index in [0.717, 1.165) is 25.7 Å². The second-order valence-electron chi connectivity index (χ2n) is 4.36. The fraction of sp³-hybridized carbons (Fsp3) is 0.818. The van der Waals surface area contributed by atoms with Gasteiger partial charge in [0.05, 0.1) is 6.07 Å². The molecule has 0 bridgehead atoms. The lowest BCUT2D eigenvalue weighted by atomic mass is 9.78. The number of amides is 2. The Balaban J connectivity index is 2.55. The smallest absolute Gasteiger partial charge is 0.316 e. The largest absolute Gasteiger partial charge is 0.338 e. The first-order chi connectivity index (χ1) is 7.12. The van der Waals surface area contributed by atoms with E-state index in [2.05, 4.69) is 23.6 Å². The summed E-state index contributed by atoms with van der Waals surface area (Å²) in [4.78, 5) is 11.4. The Labute approximate surface area is 91.0 Å². The summed E-state index contributed by atoms with van der Waals surface area (Å²) in [5.41, 5.74) is -0.633. The fourth-order valence-corrected chi connectivity index (χ4v) is 1.94. The molecule has 0 unspecified atom stereocenters. The Morgan fingerprint density at radius 2 is 2.13 bits per heavy atom. The number of nitrogens with one attached hydrogen (secondary N) is 2. The number of hydrogen-bond acceptors (Lipinski definition) is 2. The number of hydrogen-bond donors (Lipinski definition) is 2. The molecule has 0 aromatic heterocycles. The highest BCUT2D eigenvalue weighted by Gasteiger charge is 2.35. The average molecular weight is 209 g/mol. The van der Waals surface area contributed by atoms with E-state index in [4.69, 9.17) is 5.26 Å². The zero-order valence-electron chi connectivity index (χ0n) is 9.47. The molecule has 0 spiro atoms. The normalized spacial score (nSPS) is 30.3.